The third-order valence-corrected chi connectivity index (χ3v) is 7.97. The maximum Gasteiger partial charge on any atom is 0.256 e. The molecule has 2 aliphatic rings. The Balaban J connectivity index is 1.67. The molecule has 4 rings (SSSR count). The van der Waals surface area contributed by atoms with E-state index in [2.05, 4.69) is 0 Å². The molecular weight excluding hydrogens is 338 g/mol. The highest BCUT2D eigenvalue weighted by molar-refractivity contribution is 7.92. The second-order valence-electron chi connectivity index (χ2n) is 7.44. The normalized spacial score (nSPS) is 28.0. The smallest absolute Gasteiger partial charge is 0.256 e. The predicted molar refractivity (Wildman–Crippen MR) is 97.4 cm³/mol. The molecule has 2 aliphatic heterocycles. The van der Waals surface area contributed by atoms with E-state index in [1.807, 2.05) is 61.1 Å². The molecule has 0 aliphatic carbocycles. The summed E-state index contributed by atoms with van der Waals surface area (Å²) in [5.41, 5.74) is 1.65. The molecule has 25 heavy (non-hydrogen) atoms. The minimum Gasteiger partial charge on any atom is -0.350 e. The Kier molecular flexibility index (Phi) is 3.70. The van der Waals surface area contributed by atoms with Gasteiger partial charge in [-0.2, -0.15) is 0 Å². The second-order valence-corrected chi connectivity index (χ2v) is 9.71. The molecule has 0 unspecified atom stereocenters. The van der Waals surface area contributed by atoms with Gasteiger partial charge in [0.25, 0.3) is 5.91 Å². The monoisotopic (exact) mass is 361 g/mol. The summed E-state index contributed by atoms with van der Waals surface area (Å²) in [5, 5.41) is 0.484. The summed E-state index contributed by atoms with van der Waals surface area (Å²) in [7, 11) is 2.61. The summed E-state index contributed by atoms with van der Waals surface area (Å²) in [4.78, 5) is 16.8. The average Bonchev–Trinajstić information content (AvgIpc) is 3.21. The maximum absolute atomic E-state index is 13.1. The van der Waals surface area contributed by atoms with Gasteiger partial charge >= 0.3 is 0 Å². The van der Waals surface area contributed by atoms with Crippen LogP contribution in [0.25, 0.3) is 10.9 Å². The van der Waals surface area contributed by atoms with Crippen LogP contribution in [-0.4, -0.2) is 72.9 Å². The molecule has 2 fully saturated rings. The van der Waals surface area contributed by atoms with E-state index in [1.54, 1.807) is 4.90 Å². The van der Waals surface area contributed by atoms with Crippen LogP contribution in [0.1, 0.15) is 10.4 Å². The quantitative estimate of drug-likeness (QED) is 0.800. The van der Waals surface area contributed by atoms with Gasteiger partial charge in [0.2, 0.25) is 0 Å². The molecule has 1 aromatic heterocycles. The van der Waals surface area contributed by atoms with Gasteiger partial charge in [-0.3, -0.25) is 4.79 Å². The van der Waals surface area contributed by atoms with Crippen molar-refractivity contribution in [2.24, 2.45) is 13.0 Å². The SMILES string of the molecule is CN(C)[C@@H]1CS(=O)(=O)[C@H]2CN(C(=O)c3cn(C)c4ccccc34)C[C@@H]12. The Bertz CT molecular complexity index is 948. The molecule has 6 nitrogen and oxygen atoms in total. The zero-order valence-corrected chi connectivity index (χ0v) is 15.5. The van der Waals surface area contributed by atoms with E-state index in [9.17, 15) is 13.2 Å². The number of aryl methyl sites for hydroxylation is 1. The number of nitrogens with zero attached hydrogens (tertiary/aromatic N) is 3. The molecule has 3 atom stereocenters. The van der Waals surface area contributed by atoms with Crippen molar-refractivity contribution in [2.75, 3.05) is 32.9 Å². The highest BCUT2D eigenvalue weighted by Crippen LogP contribution is 2.37. The van der Waals surface area contributed by atoms with Crippen molar-refractivity contribution >= 4 is 26.6 Å². The number of fused-ring (bicyclic) bond motifs is 2. The minimum atomic E-state index is -3.14. The van der Waals surface area contributed by atoms with Crippen molar-refractivity contribution in [3.8, 4) is 0 Å². The summed E-state index contributed by atoms with van der Waals surface area (Å²) in [6.07, 6.45) is 1.85. The first-order valence-electron chi connectivity index (χ1n) is 8.51. The van der Waals surface area contributed by atoms with Crippen molar-refractivity contribution in [1.29, 1.82) is 0 Å². The number of aromatic nitrogens is 1. The molecule has 2 aromatic rings. The van der Waals surface area contributed by atoms with Gasteiger partial charge in [-0.05, 0) is 20.2 Å². The molecule has 0 saturated carbocycles. The van der Waals surface area contributed by atoms with Gasteiger partial charge in [-0.25, -0.2) is 8.42 Å². The lowest BCUT2D eigenvalue weighted by atomic mass is 10.00. The van der Waals surface area contributed by atoms with Crippen LogP contribution >= 0.6 is 0 Å². The predicted octanol–water partition coefficient (Wildman–Crippen LogP) is 0.978. The number of likely N-dealkylation sites (tertiary alicyclic amines) is 1. The highest BCUT2D eigenvalue weighted by Gasteiger charge is 2.53. The largest absolute Gasteiger partial charge is 0.350 e. The molecule has 3 heterocycles. The van der Waals surface area contributed by atoms with Gasteiger partial charge in [0, 0.05) is 49.2 Å². The van der Waals surface area contributed by atoms with Gasteiger partial charge in [0.15, 0.2) is 9.84 Å². The Morgan fingerprint density at radius 3 is 2.64 bits per heavy atom. The van der Waals surface area contributed by atoms with Crippen molar-refractivity contribution in [1.82, 2.24) is 14.4 Å². The van der Waals surface area contributed by atoms with Crippen LogP contribution in [0.3, 0.4) is 0 Å². The molecule has 7 heteroatoms. The number of hydrogen-bond donors (Lipinski definition) is 0. The fraction of sp³-hybridized carbons (Fsp3) is 0.500. The van der Waals surface area contributed by atoms with Gasteiger partial charge in [0.1, 0.15) is 0 Å². The third kappa shape index (κ3) is 2.48. The maximum atomic E-state index is 13.1. The minimum absolute atomic E-state index is 0.000994. The van der Waals surface area contributed by atoms with Crippen LogP contribution in [0, 0.1) is 5.92 Å². The Morgan fingerprint density at radius 2 is 1.92 bits per heavy atom. The lowest BCUT2D eigenvalue weighted by Gasteiger charge is -2.25. The van der Waals surface area contributed by atoms with Crippen molar-refractivity contribution in [2.45, 2.75) is 11.3 Å². The summed E-state index contributed by atoms with van der Waals surface area (Å²) < 4.78 is 27.0. The molecule has 0 spiro atoms. The molecule has 1 aromatic carbocycles. The van der Waals surface area contributed by atoms with E-state index in [4.69, 9.17) is 0 Å². The Morgan fingerprint density at radius 1 is 1.20 bits per heavy atom. The highest BCUT2D eigenvalue weighted by atomic mass is 32.2. The van der Waals surface area contributed by atoms with E-state index < -0.39 is 15.1 Å². The van der Waals surface area contributed by atoms with Gasteiger partial charge < -0.3 is 14.4 Å². The fourth-order valence-corrected chi connectivity index (χ4v) is 6.89. The lowest BCUT2D eigenvalue weighted by molar-refractivity contribution is 0.0781. The number of carbonyl (C=O) groups excluding carboxylic acids is 1. The lowest BCUT2D eigenvalue weighted by Crippen LogP contribution is -2.38. The van der Waals surface area contributed by atoms with Gasteiger partial charge in [0.05, 0.1) is 16.6 Å². The summed E-state index contributed by atoms with van der Waals surface area (Å²) in [6.45, 7) is 0.814. The molecular formula is C18H23N3O3S. The molecule has 134 valence electrons. The van der Waals surface area contributed by atoms with Gasteiger partial charge in [-0.1, -0.05) is 18.2 Å². The number of para-hydroxylation sites is 1. The van der Waals surface area contributed by atoms with Crippen LogP contribution in [0.4, 0.5) is 0 Å². The first kappa shape index (κ1) is 16.6. The van der Waals surface area contributed by atoms with E-state index >= 15 is 0 Å². The number of rotatable bonds is 2. The molecule has 0 N–H and O–H groups in total. The number of amides is 1. The summed E-state index contributed by atoms with van der Waals surface area (Å²) in [6, 6.07) is 7.78. The van der Waals surface area contributed by atoms with Crippen LogP contribution in [0.2, 0.25) is 0 Å². The van der Waals surface area contributed by atoms with Crippen molar-refractivity contribution in [3.05, 3.63) is 36.0 Å². The van der Waals surface area contributed by atoms with Crippen LogP contribution in [0.5, 0.6) is 0 Å². The number of hydrogen-bond acceptors (Lipinski definition) is 4. The van der Waals surface area contributed by atoms with Gasteiger partial charge in [-0.15, -0.1) is 0 Å². The van der Waals surface area contributed by atoms with E-state index in [0.29, 0.717) is 18.7 Å². The van der Waals surface area contributed by atoms with E-state index in [0.717, 1.165) is 10.9 Å². The number of carbonyl (C=O) groups is 1. The molecule has 0 radical (unpaired) electrons. The summed E-state index contributed by atoms with van der Waals surface area (Å²) in [5.74, 6) is 0.129. The van der Waals surface area contributed by atoms with E-state index in [-0.39, 0.29) is 23.6 Å². The van der Waals surface area contributed by atoms with Crippen LogP contribution in [-0.2, 0) is 16.9 Å². The first-order valence-corrected chi connectivity index (χ1v) is 10.2. The molecule has 0 bridgehead atoms. The Labute approximate surface area is 147 Å². The zero-order chi connectivity index (χ0) is 17.9. The third-order valence-electron chi connectivity index (χ3n) is 5.75. The number of benzene rings is 1. The van der Waals surface area contributed by atoms with Crippen LogP contribution < -0.4 is 0 Å². The standard InChI is InChI=1S/C18H23N3O3S/c1-19(2)16-11-25(23,24)17-10-21(9-14(16)17)18(22)13-8-20(3)15-7-5-4-6-12(13)15/h4-8,14,16-17H,9-11H2,1-3H3/t14-,16+,17-/m0/s1. The number of sulfone groups is 1. The molecule has 1 amide bonds. The Hall–Kier alpha value is -1.86. The topological polar surface area (TPSA) is 62.6 Å². The summed E-state index contributed by atoms with van der Waals surface area (Å²) >= 11 is 0. The van der Waals surface area contributed by atoms with Crippen molar-refractivity contribution < 1.29 is 13.2 Å². The average molecular weight is 361 g/mol. The fourth-order valence-electron chi connectivity index (χ4n) is 4.41. The zero-order valence-electron chi connectivity index (χ0n) is 14.7. The molecule has 2 saturated heterocycles. The van der Waals surface area contributed by atoms with Crippen LogP contribution in [0.15, 0.2) is 30.5 Å². The van der Waals surface area contributed by atoms with E-state index in [1.165, 1.54) is 0 Å². The van der Waals surface area contributed by atoms with Crippen molar-refractivity contribution in [3.63, 3.8) is 0 Å². The first-order chi connectivity index (χ1) is 11.8. The second kappa shape index (κ2) is 5.57.